The van der Waals surface area contributed by atoms with Crippen LogP contribution >= 0.6 is 0 Å². The number of amides is 2. The van der Waals surface area contributed by atoms with Gasteiger partial charge in [0.2, 0.25) is 0 Å². The second-order valence-corrected chi connectivity index (χ2v) is 7.63. The first kappa shape index (κ1) is 21.8. The molecule has 0 bridgehead atoms. The number of carbonyl (C=O) groups is 1. The number of nitrogens with zero attached hydrogens (tertiary/aromatic N) is 5. The van der Waals surface area contributed by atoms with Crippen LogP contribution in [0.2, 0.25) is 0 Å². The predicted molar refractivity (Wildman–Crippen MR) is 116 cm³/mol. The van der Waals surface area contributed by atoms with Gasteiger partial charge in [-0.05, 0) is 24.6 Å². The molecule has 0 aliphatic carbocycles. The zero-order chi connectivity index (χ0) is 21.7. The van der Waals surface area contributed by atoms with Gasteiger partial charge in [0.15, 0.2) is 0 Å². The highest BCUT2D eigenvalue weighted by Crippen LogP contribution is 2.27. The molecule has 1 aromatic heterocycles. The Labute approximate surface area is 178 Å². The van der Waals surface area contributed by atoms with Crippen molar-refractivity contribution in [3.63, 3.8) is 0 Å². The maximum atomic E-state index is 12.3. The second-order valence-electron chi connectivity index (χ2n) is 7.63. The van der Waals surface area contributed by atoms with E-state index in [0.717, 1.165) is 47.3 Å². The van der Waals surface area contributed by atoms with Crippen LogP contribution in [0.3, 0.4) is 0 Å². The Hall–Kier alpha value is -2.87. The quantitative estimate of drug-likeness (QED) is 0.724. The van der Waals surface area contributed by atoms with Gasteiger partial charge in [-0.1, -0.05) is 12.1 Å². The van der Waals surface area contributed by atoms with E-state index in [4.69, 9.17) is 14.5 Å². The van der Waals surface area contributed by atoms with Gasteiger partial charge in [0.05, 0.1) is 19.4 Å². The van der Waals surface area contributed by atoms with Gasteiger partial charge in [0.1, 0.15) is 17.4 Å². The number of carbonyl (C=O) groups excluding carboxylic acids is 1. The first-order valence-corrected chi connectivity index (χ1v) is 10.1. The van der Waals surface area contributed by atoms with Crippen molar-refractivity contribution in [2.24, 2.45) is 0 Å². The van der Waals surface area contributed by atoms with Gasteiger partial charge in [0, 0.05) is 59.4 Å². The van der Waals surface area contributed by atoms with Crippen molar-refractivity contribution in [1.82, 2.24) is 19.8 Å². The lowest BCUT2D eigenvalue weighted by Crippen LogP contribution is -2.52. The normalized spacial score (nSPS) is 14.0. The third kappa shape index (κ3) is 4.99. The molecule has 30 heavy (non-hydrogen) atoms. The molecule has 0 unspecified atom stereocenters. The molecule has 162 valence electrons. The van der Waals surface area contributed by atoms with E-state index in [9.17, 15) is 4.79 Å². The van der Waals surface area contributed by atoms with Gasteiger partial charge in [0.25, 0.3) is 0 Å². The Balaban J connectivity index is 1.90. The van der Waals surface area contributed by atoms with Gasteiger partial charge < -0.3 is 24.2 Å². The van der Waals surface area contributed by atoms with Gasteiger partial charge in [-0.25, -0.2) is 14.8 Å². The summed E-state index contributed by atoms with van der Waals surface area (Å²) < 4.78 is 10.8. The Kier molecular flexibility index (Phi) is 7.10. The molecule has 2 amide bonds. The number of hydrogen-bond acceptors (Lipinski definition) is 6. The summed E-state index contributed by atoms with van der Waals surface area (Å²) in [6, 6.07) is 8.09. The number of anilines is 1. The van der Waals surface area contributed by atoms with Crippen LogP contribution in [0, 0.1) is 6.92 Å². The van der Waals surface area contributed by atoms with Crippen molar-refractivity contribution < 1.29 is 14.3 Å². The van der Waals surface area contributed by atoms with Crippen molar-refractivity contribution in [3.05, 3.63) is 46.9 Å². The Morgan fingerprint density at radius 2 is 1.87 bits per heavy atom. The molecule has 8 heteroatoms. The number of benzene rings is 1. The van der Waals surface area contributed by atoms with Crippen molar-refractivity contribution >= 4 is 11.8 Å². The first-order chi connectivity index (χ1) is 14.4. The van der Waals surface area contributed by atoms with Crippen LogP contribution < -0.4 is 9.64 Å². The smallest absolute Gasteiger partial charge is 0.319 e. The SMILES string of the molecule is COCc1nc(C)nc(N2CCN(C(=O)N(C)C)CC2)c1Cc1cccc(OC)c1. The number of aromatic nitrogens is 2. The zero-order valence-electron chi connectivity index (χ0n) is 18.5. The van der Waals surface area contributed by atoms with Crippen LogP contribution in [0.4, 0.5) is 10.6 Å². The van der Waals surface area contributed by atoms with E-state index < -0.39 is 0 Å². The summed E-state index contributed by atoms with van der Waals surface area (Å²) in [5.41, 5.74) is 3.08. The van der Waals surface area contributed by atoms with Crippen molar-refractivity contribution in [1.29, 1.82) is 0 Å². The number of aryl methyl sites for hydroxylation is 1. The maximum absolute atomic E-state index is 12.3. The van der Waals surface area contributed by atoms with E-state index in [0.29, 0.717) is 26.1 Å². The molecule has 1 aliphatic heterocycles. The first-order valence-electron chi connectivity index (χ1n) is 10.1. The number of hydrogen-bond donors (Lipinski definition) is 0. The van der Waals surface area contributed by atoms with Crippen LogP contribution in [0.1, 0.15) is 22.6 Å². The van der Waals surface area contributed by atoms with E-state index in [2.05, 4.69) is 16.0 Å². The highest BCUT2D eigenvalue weighted by atomic mass is 16.5. The number of methoxy groups -OCH3 is 2. The third-order valence-corrected chi connectivity index (χ3v) is 5.21. The number of urea groups is 1. The average molecular weight is 414 g/mol. The molecule has 2 aromatic rings. The fourth-order valence-corrected chi connectivity index (χ4v) is 3.72. The lowest BCUT2D eigenvalue weighted by Gasteiger charge is -2.37. The van der Waals surface area contributed by atoms with Crippen LogP contribution in [-0.4, -0.2) is 80.3 Å². The molecule has 1 aliphatic rings. The Bertz CT molecular complexity index is 879. The Morgan fingerprint density at radius 3 is 2.50 bits per heavy atom. The van der Waals surface area contributed by atoms with E-state index in [1.165, 1.54) is 0 Å². The van der Waals surface area contributed by atoms with E-state index in [-0.39, 0.29) is 6.03 Å². The van der Waals surface area contributed by atoms with E-state index in [1.54, 1.807) is 33.2 Å². The molecule has 2 heterocycles. The van der Waals surface area contributed by atoms with Crippen LogP contribution in [-0.2, 0) is 17.8 Å². The average Bonchev–Trinajstić information content (AvgIpc) is 2.75. The summed E-state index contributed by atoms with van der Waals surface area (Å²) in [6.45, 7) is 5.12. The second kappa shape index (κ2) is 9.75. The lowest BCUT2D eigenvalue weighted by atomic mass is 10.0. The van der Waals surface area contributed by atoms with Gasteiger partial charge in [-0.15, -0.1) is 0 Å². The standard InChI is InChI=1S/C22H31N5O3/c1-16-23-20(15-29-4)19(14-17-7-6-8-18(13-17)30-5)21(24-16)26-9-11-27(12-10-26)22(28)25(2)3/h6-8,13H,9-12,14-15H2,1-5H3. The molecule has 0 saturated carbocycles. The maximum Gasteiger partial charge on any atom is 0.319 e. The molecule has 8 nitrogen and oxygen atoms in total. The summed E-state index contributed by atoms with van der Waals surface area (Å²) in [5, 5.41) is 0. The molecule has 1 fully saturated rings. The molecule has 0 spiro atoms. The monoisotopic (exact) mass is 413 g/mol. The molecule has 0 radical (unpaired) electrons. The lowest BCUT2D eigenvalue weighted by molar-refractivity contribution is 0.167. The van der Waals surface area contributed by atoms with Crippen LogP contribution in [0.5, 0.6) is 5.75 Å². The van der Waals surface area contributed by atoms with E-state index >= 15 is 0 Å². The van der Waals surface area contributed by atoms with Crippen molar-refractivity contribution in [2.75, 3.05) is 59.4 Å². The minimum Gasteiger partial charge on any atom is -0.497 e. The highest BCUT2D eigenvalue weighted by Gasteiger charge is 2.26. The Morgan fingerprint density at radius 1 is 1.13 bits per heavy atom. The molecular weight excluding hydrogens is 382 g/mol. The van der Waals surface area contributed by atoms with Gasteiger partial charge >= 0.3 is 6.03 Å². The minimum absolute atomic E-state index is 0.0465. The van der Waals surface area contributed by atoms with Crippen molar-refractivity contribution in [3.8, 4) is 5.75 Å². The summed E-state index contributed by atoms with van der Waals surface area (Å²) in [6.07, 6.45) is 0.683. The third-order valence-electron chi connectivity index (χ3n) is 5.21. The zero-order valence-corrected chi connectivity index (χ0v) is 18.5. The van der Waals surface area contributed by atoms with E-state index in [1.807, 2.05) is 30.0 Å². The van der Waals surface area contributed by atoms with Crippen LogP contribution in [0.15, 0.2) is 24.3 Å². The number of ether oxygens (including phenoxy) is 2. The van der Waals surface area contributed by atoms with Gasteiger partial charge in [-0.3, -0.25) is 0 Å². The molecule has 3 rings (SSSR count). The molecule has 0 atom stereocenters. The number of rotatable bonds is 6. The highest BCUT2D eigenvalue weighted by molar-refractivity contribution is 5.74. The number of piperazine rings is 1. The molecule has 0 N–H and O–H groups in total. The molecular formula is C22H31N5O3. The largest absolute Gasteiger partial charge is 0.497 e. The topological polar surface area (TPSA) is 71.0 Å². The van der Waals surface area contributed by atoms with Gasteiger partial charge in [-0.2, -0.15) is 0 Å². The summed E-state index contributed by atoms with van der Waals surface area (Å²) in [5.74, 6) is 2.47. The molecule has 1 aromatic carbocycles. The van der Waals surface area contributed by atoms with Crippen molar-refractivity contribution in [2.45, 2.75) is 20.0 Å². The minimum atomic E-state index is 0.0465. The fourth-order valence-electron chi connectivity index (χ4n) is 3.72. The summed E-state index contributed by atoms with van der Waals surface area (Å²) >= 11 is 0. The fraction of sp³-hybridized carbons (Fsp3) is 0.500. The van der Waals surface area contributed by atoms with Crippen LogP contribution in [0.25, 0.3) is 0 Å². The molecule has 1 saturated heterocycles. The summed E-state index contributed by atoms with van der Waals surface area (Å²) in [4.78, 5) is 27.5. The summed E-state index contributed by atoms with van der Waals surface area (Å²) in [7, 11) is 6.92. The predicted octanol–water partition coefficient (Wildman–Crippen LogP) is 2.33.